The van der Waals surface area contributed by atoms with Crippen LogP contribution in [0.1, 0.15) is 11.1 Å². The highest BCUT2D eigenvalue weighted by molar-refractivity contribution is 5.80. The van der Waals surface area contributed by atoms with Crippen LogP contribution >= 0.6 is 0 Å². The smallest absolute Gasteiger partial charge is 0.408 e. The van der Waals surface area contributed by atoms with Gasteiger partial charge in [-0.15, -0.1) is 0 Å². The predicted molar refractivity (Wildman–Crippen MR) is 89.3 cm³/mol. The summed E-state index contributed by atoms with van der Waals surface area (Å²) in [7, 11) is 0. The first-order valence-electron chi connectivity index (χ1n) is 7.60. The number of ether oxygens (including phenoxy) is 1. The molecule has 1 atom stereocenters. The minimum Gasteiger partial charge on any atom is -0.480 e. The van der Waals surface area contributed by atoms with Crippen LogP contribution < -0.4 is 10.6 Å². The van der Waals surface area contributed by atoms with Crippen molar-refractivity contribution in [1.82, 2.24) is 10.6 Å². The van der Waals surface area contributed by atoms with E-state index in [2.05, 4.69) is 10.6 Å². The maximum atomic E-state index is 11.7. The first kappa shape index (κ1) is 17.5. The lowest BCUT2D eigenvalue weighted by atomic mass is 10.2. The molecule has 1 amide bonds. The number of benzene rings is 2. The Labute approximate surface area is 140 Å². The number of hydrogen-bond acceptors (Lipinski definition) is 4. The lowest BCUT2D eigenvalue weighted by Gasteiger charge is -2.15. The molecule has 0 radical (unpaired) electrons. The fraction of sp³-hybridized carbons (Fsp3) is 0.222. The van der Waals surface area contributed by atoms with Crippen molar-refractivity contribution in [3.05, 3.63) is 71.8 Å². The van der Waals surface area contributed by atoms with Crippen LogP contribution in [-0.4, -0.2) is 29.8 Å². The first-order chi connectivity index (χ1) is 11.6. The summed E-state index contributed by atoms with van der Waals surface area (Å²) in [4.78, 5) is 23.0. The molecule has 126 valence electrons. The van der Waals surface area contributed by atoms with E-state index in [9.17, 15) is 14.7 Å². The largest absolute Gasteiger partial charge is 0.480 e. The minimum atomic E-state index is -1.12. The molecule has 0 unspecified atom stereocenters. The summed E-state index contributed by atoms with van der Waals surface area (Å²) in [6, 6.07) is 17.7. The van der Waals surface area contributed by atoms with Crippen LogP contribution in [0, 0.1) is 0 Å². The van der Waals surface area contributed by atoms with Gasteiger partial charge in [0.2, 0.25) is 0 Å². The number of carbonyl (C=O) groups is 2. The van der Waals surface area contributed by atoms with E-state index in [0.717, 1.165) is 11.1 Å². The number of carboxylic acids is 1. The van der Waals surface area contributed by atoms with E-state index in [1.807, 2.05) is 60.7 Å². The quantitative estimate of drug-likeness (QED) is 0.691. The standard InChI is InChI=1S/C18H20N2O4/c21-17(22)16(12-19-11-14-7-3-1-4-8-14)20-18(23)24-13-15-9-5-2-6-10-15/h1-10,16,19H,11-13H2,(H,20,23)(H,21,22)/t16-/m1/s1. The third kappa shape index (κ3) is 6.10. The summed E-state index contributed by atoms with van der Waals surface area (Å²) in [6.07, 6.45) is -0.757. The molecule has 0 aliphatic carbocycles. The lowest BCUT2D eigenvalue weighted by molar-refractivity contribution is -0.139. The Hall–Kier alpha value is -2.86. The first-order valence-corrected chi connectivity index (χ1v) is 7.60. The molecule has 2 aromatic carbocycles. The van der Waals surface area contributed by atoms with Gasteiger partial charge in [-0.25, -0.2) is 9.59 Å². The number of nitrogens with one attached hydrogen (secondary N) is 2. The molecule has 2 aromatic rings. The average Bonchev–Trinajstić information content (AvgIpc) is 2.61. The second-order valence-electron chi connectivity index (χ2n) is 5.21. The number of carboxylic acid groups (broad SMARTS) is 1. The summed E-state index contributed by atoms with van der Waals surface area (Å²) in [6.45, 7) is 0.715. The molecule has 0 bridgehead atoms. The van der Waals surface area contributed by atoms with Crippen molar-refractivity contribution in [3.63, 3.8) is 0 Å². The Morgan fingerprint density at radius 1 is 0.958 bits per heavy atom. The molecular weight excluding hydrogens is 308 g/mol. The zero-order valence-electron chi connectivity index (χ0n) is 13.1. The van der Waals surface area contributed by atoms with Gasteiger partial charge in [0, 0.05) is 13.1 Å². The van der Waals surface area contributed by atoms with E-state index in [1.54, 1.807) is 0 Å². The van der Waals surface area contributed by atoms with Crippen molar-refractivity contribution >= 4 is 12.1 Å². The highest BCUT2D eigenvalue weighted by atomic mass is 16.5. The number of hydrogen-bond donors (Lipinski definition) is 3. The monoisotopic (exact) mass is 328 g/mol. The molecule has 2 rings (SSSR count). The molecular formula is C18H20N2O4. The van der Waals surface area contributed by atoms with Crippen LogP contribution in [0.4, 0.5) is 4.79 Å². The maximum absolute atomic E-state index is 11.7. The van der Waals surface area contributed by atoms with E-state index >= 15 is 0 Å². The summed E-state index contributed by atoms with van der Waals surface area (Å²) >= 11 is 0. The second-order valence-corrected chi connectivity index (χ2v) is 5.21. The van der Waals surface area contributed by atoms with E-state index in [4.69, 9.17) is 4.74 Å². The second kappa shape index (κ2) is 9.32. The zero-order chi connectivity index (χ0) is 17.2. The van der Waals surface area contributed by atoms with Gasteiger partial charge in [-0.1, -0.05) is 60.7 Å². The average molecular weight is 328 g/mol. The summed E-state index contributed by atoms with van der Waals surface area (Å²) in [5, 5.41) is 14.6. The Balaban J connectivity index is 1.75. The Morgan fingerprint density at radius 2 is 1.54 bits per heavy atom. The molecule has 0 fully saturated rings. The highest BCUT2D eigenvalue weighted by Crippen LogP contribution is 2.01. The number of rotatable bonds is 8. The van der Waals surface area contributed by atoms with Crippen molar-refractivity contribution in [2.45, 2.75) is 19.2 Å². The van der Waals surface area contributed by atoms with Gasteiger partial charge in [0.1, 0.15) is 12.6 Å². The molecule has 0 aliphatic rings. The Kier molecular flexibility index (Phi) is 6.79. The van der Waals surface area contributed by atoms with Crippen molar-refractivity contribution < 1.29 is 19.4 Å². The lowest BCUT2D eigenvalue weighted by Crippen LogP contribution is -2.47. The highest BCUT2D eigenvalue weighted by Gasteiger charge is 2.20. The van der Waals surface area contributed by atoms with Crippen LogP contribution in [0.25, 0.3) is 0 Å². The molecule has 0 aliphatic heterocycles. The normalized spacial score (nSPS) is 11.5. The van der Waals surface area contributed by atoms with Crippen LogP contribution in [0.2, 0.25) is 0 Å². The summed E-state index contributed by atoms with van der Waals surface area (Å²) in [5.41, 5.74) is 1.87. The number of carbonyl (C=O) groups excluding carboxylic acids is 1. The third-order valence-electron chi connectivity index (χ3n) is 3.32. The predicted octanol–water partition coefficient (Wildman–Crippen LogP) is 2.16. The van der Waals surface area contributed by atoms with Gasteiger partial charge in [0.15, 0.2) is 0 Å². The summed E-state index contributed by atoms with van der Waals surface area (Å²) < 4.78 is 5.03. The summed E-state index contributed by atoms with van der Waals surface area (Å²) in [5.74, 6) is -1.12. The van der Waals surface area contributed by atoms with Crippen LogP contribution in [-0.2, 0) is 22.7 Å². The molecule has 0 aromatic heterocycles. The van der Waals surface area contributed by atoms with Crippen molar-refractivity contribution in [2.24, 2.45) is 0 Å². The molecule has 24 heavy (non-hydrogen) atoms. The Bertz CT molecular complexity index is 647. The SMILES string of the molecule is O=C(N[C@H](CNCc1ccccc1)C(=O)O)OCc1ccccc1. The van der Waals surface area contributed by atoms with Crippen molar-refractivity contribution in [3.8, 4) is 0 Å². The fourth-order valence-corrected chi connectivity index (χ4v) is 2.06. The van der Waals surface area contributed by atoms with Gasteiger partial charge >= 0.3 is 12.1 Å². The molecule has 0 saturated heterocycles. The maximum Gasteiger partial charge on any atom is 0.408 e. The van der Waals surface area contributed by atoms with E-state index < -0.39 is 18.1 Å². The molecule has 0 heterocycles. The van der Waals surface area contributed by atoms with Crippen LogP contribution in [0.5, 0.6) is 0 Å². The molecule has 0 saturated carbocycles. The van der Waals surface area contributed by atoms with Gasteiger partial charge in [-0.05, 0) is 11.1 Å². The van der Waals surface area contributed by atoms with E-state index in [0.29, 0.717) is 6.54 Å². The van der Waals surface area contributed by atoms with Crippen molar-refractivity contribution in [1.29, 1.82) is 0 Å². The van der Waals surface area contributed by atoms with E-state index in [1.165, 1.54) is 0 Å². The molecule has 3 N–H and O–H groups in total. The topological polar surface area (TPSA) is 87.7 Å². The zero-order valence-corrected chi connectivity index (χ0v) is 13.1. The molecule has 6 nitrogen and oxygen atoms in total. The van der Waals surface area contributed by atoms with Gasteiger partial charge in [-0.3, -0.25) is 0 Å². The third-order valence-corrected chi connectivity index (χ3v) is 3.32. The van der Waals surface area contributed by atoms with Gasteiger partial charge in [0.25, 0.3) is 0 Å². The van der Waals surface area contributed by atoms with Gasteiger partial charge < -0.3 is 20.5 Å². The Morgan fingerprint density at radius 3 is 2.12 bits per heavy atom. The number of aliphatic carboxylic acids is 1. The molecule has 6 heteroatoms. The van der Waals surface area contributed by atoms with E-state index in [-0.39, 0.29) is 13.2 Å². The van der Waals surface area contributed by atoms with Gasteiger partial charge in [0.05, 0.1) is 0 Å². The van der Waals surface area contributed by atoms with Gasteiger partial charge in [-0.2, -0.15) is 0 Å². The number of amides is 1. The minimum absolute atomic E-state index is 0.0937. The van der Waals surface area contributed by atoms with Crippen molar-refractivity contribution in [2.75, 3.05) is 6.54 Å². The fourth-order valence-electron chi connectivity index (χ4n) is 2.06. The number of alkyl carbamates (subject to hydrolysis) is 1. The van der Waals surface area contributed by atoms with Crippen LogP contribution in [0.15, 0.2) is 60.7 Å². The molecule has 0 spiro atoms. The van der Waals surface area contributed by atoms with Crippen LogP contribution in [0.3, 0.4) is 0 Å².